The van der Waals surface area contributed by atoms with Crippen LogP contribution in [0.2, 0.25) is 0 Å². The highest BCUT2D eigenvalue weighted by Gasteiger charge is 2.18. The number of thioether (sulfide) groups is 1. The van der Waals surface area contributed by atoms with Crippen molar-refractivity contribution >= 4 is 33.7 Å². The minimum Gasteiger partial charge on any atom is -0.349 e. The highest BCUT2D eigenvalue weighted by atomic mass is 32.2. The van der Waals surface area contributed by atoms with Crippen LogP contribution >= 0.6 is 11.8 Å². The maximum atomic E-state index is 14.2. The number of H-pyrrole nitrogens is 1. The average molecular weight is 430 g/mol. The third-order valence-corrected chi connectivity index (χ3v) is 6.26. The van der Waals surface area contributed by atoms with Gasteiger partial charge in [-0.1, -0.05) is 54.2 Å². The molecule has 2 heterocycles. The van der Waals surface area contributed by atoms with E-state index < -0.39 is 0 Å². The molecule has 0 fully saturated rings. The Labute approximate surface area is 182 Å². The fourth-order valence-corrected chi connectivity index (χ4v) is 4.90. The predicted octanol–water partition coefficient (Wildman–Crippen LogP) is 5.92. The Hall–Kier alpha value is -3.38. The summed E-state index contributed by atoms with van der Waals surface area (Å²) in [7, 11) is 0. The van der Waals surface area contributed by atoms with Crippen molar-refractivity contribution in [3.8, 4) is 5.69 Å². The fraction of sp³-hybridized carbons (Fsp3) is 0.120. The van der Waals surface area contributed by atoms with E-state index in [1.807, 2.05) is 56.3 Å². The van der Waals surface area contributed by atoms with E-state index >= 15 is 0 Å². The number of hydrogen-bond donors (Lipinski definition) is 1. The van der Waals surface area contributed by atoms with Crippen LogP contribution in [-0.4, -0.2) is 14.5 Å². The summed E-state index contributed by atoms with van der Waals surface area (Å²) in [6.45, 7) is 4.01. The quantitative estimate of drug-likeness (QED) is 0.285. The van der Waals surface area contributed by atoms with Crippen LogP contribution in [0.5, 0.6) is 0 Å². The molecule has 0 bridgehead atoms. The van der Waals surface area contributed by atoms with Crippen LogP contribution < -0.4 is 5.56 Å². The molecule has 5 aromatic rings. The second-order valence-corrected chi connectivity index (χ2v) is 8.60. The Bertz CT molecular complexity index is 1480. The van der Waals surface area contributed by atoms with E-state index in [9.17, 15) is 9.18 Å². The molecule has 1 N–H and O–H groups in total. The first-order valence-electron chi connectivity index (χ1n) is 9.99. The summed E-state index contributed by atoms with van der Waals surface area (Å²) in [6, 6.07) is 20.4. The van der Waals surface area contributed by atoms with Gasteiger partial charge in [-0.15, -0.1) is 0 Å². The van der Waals surface area contributed by atoms with Gasteiger partial charge in [-0.05, 0) is 54.8 Å². The van der Waals surface area contributed by atoms with Crippen molar-refractivity contribution in [2.75, 3.05) is 0 Å². The van der Waals surface area contributed by atoms with Gasteiger partial charge >= 0.3 is 0 Å². The third-order valence-electron chi connectivity index (χ3n) is 5.27. The van der Waals surface area contributed by atoms with Crippen LogP contribution in [0.25, 0.3) is 27.6 Å². The lowest BCUT2D eigenvalue weighted by atomic mass is 10.1. The number of rotatable bonds is 4. The van der Waals surface area contributed by atoms with E-state index in [0.29, 0.717) is 27.5 Å². The van der Waals surface area contributed by atoms with Crippen molar-refractivity contribution in [3.05, 3.63) is 99.6 Å². The minimum atomic E-state index is -0.261. The van der Waals surface area contributed by atoms with Gasteiger partial charge < -0.3 is 4.98 Å². The zero-order valence-corrected chi connectivity index (χ0v) is 18.0. The highest BCUT2D eigenvalue weighted by Crippen LogP contribution is 2.29. The lowest BCUT2D eigenvalue weighted by molar-refractivity contribution is 0.617. The molecule has 5 rings (SSSR count). The number of nitrogens with one attached hydrogen (secondary N) is 1. The van der Waals surface area contributed by atoms with Gasteiger partial charge in [0.25, 0.3) is 5.56 Å². The van der Waals surface area contributed by atoms with Gasteiger partial charge in [0.05, 0.1) is 5.69 Å². The van der Waals surface area contributed by atoms with Crippen LogP contribution in [0, 0.1) is 19.7 Å². The van der Waals surface area contributed by atoms with Gasteiger partial charge in [0.15, 0.2) is 5.16 Å². The minimum absolute atomic E-state index is 0.165. The SMILES string of the molecule is Cc1cc(C)cc(-n2c(SCc3ccccc3F)nc3c([nH]c4ccccc43)c2=O)c1. The summed E-state index contributed by atoms with van der Waals surface area (Å²) in [5.74, 6) is 0.112. The van der Waals surface area contributed by atoms with E-state index in [2.05, 4.69) is 11.1 Å². The van der Waals surface area contributed by atoms with E-state index in [1.54, 1.807) is 16.7 Å². The zero-order valence-electron chi connectivity index (χ0n) is 17.1. The number of aromatic amines is 1. The average Bonchev–Trinajstić information content (AvgIpc) is 3.12. The summed E-state index contributed by atoms with van der Waals surface area (Å²) < 4.78 is 15.8. The van der Waals surface area contributed by atoms with E-state index in [4.69, 9.17) is 4.98 Å². The van der Waals surface area contributed by atoms with E-state index in [0.717, 1.165) is 27.7 Å². The van der Waals surface area contributed by atoms with Gasteiger partial charge in [-0.25, -0.2) is 9.37 Å². The highest BCUT2D eigenvalue weighted by molar-refractivity contribution is 7.98. The Morgan fingerprint density at radius 3 is 2.48 bits per heavy atom. The van der Waals surface area contributed by atoms with E-state index in [-0.39, 0.29) is 11.4 Å². The molecule has 6 heteroatoms. The molecule has 0 aliphatic heterocycles. The largest absolute Gasteiger partial charge is 0.349 e. The lowest BCUT2D eigenvalue weighted by Gasteiger charge is -2.14. The summed E-state index contributed by atoms with van der Waals surface area (Å²) in [4.78, 5) is 21.7. The first kappa shape index (κ1) is 19.6. The molecule has 0 aliphatic carbocycles. The summed E-state index contributed by atoms with van der Waals surface area (Å²) in [6.07, 6.45) is 0. The first-order valence-corrected chi connectivity index (χ1v) is 11.0. The monoisotopic (exact) mass is 429 g/mol. The predicted molar refractivity (Wildman–Crippen MR) is 125 cm³/mol. The maximum absolute atomic E-state index is 14.2. The number of para-hydroxylation sites is 1. The van der Waals surface area contributed by atoms with Crippen LogP contribution in [0.15, 0.2) is 76.7 Å². The Morgan fingerprint density at radius 1 is 1.00 bits per heavy atom. The van der Waals surface area contributed by atoms with Gasteiger partial charge in [0.2, 0.25) is 0 Å². The Morgan fingerprint density at radius 2 is 1.71 bits per heavy atom. The molecule has 0 amide bonds. The van der Waals surface area contributed by atoms with Crippen LogP contribution in [0.3, 0.4) is 0 Å². The smallest absolute Gasteiger partial charge is 0.283 e. The summed E-state index contributed by atoms with van der Waals surface area (Å²) >= 11 is 1.36. The Kier molecular flexibility index (Phi) is 4.87. The molecule has 0 unspecified atom stereocenters. The first-order chi connectivity index (χ1) is 15.0. The lowest BCUT2D eigenvalue weighted by Crippen LogP contribution is -2.22. The second-order valence-electron chi connectivity index (χ2n) is 7.66. The van der Waals surface area contributed by atoms with Crippen LogP contribution in [0.1, 0.15) is 16.7 Å². The number of aryl methyl sites for hydroxylation is 2. The van der Waals surface area contributed by atoms with Gasteiger partial charge in [0, 0.05) is 16.7 Å². The van der Waals surface area contributed by atoms with Crippen molar-refractivity contribution in [1.29, 1.82) is 0 Å². The fourth-order valence-electron chi connectivity index (χ4n) is 3.90. The summed E-state index contributed by atoms with van der Waals surface area (Å²) in [5.41, 5.74) is 5.26. The molecule has 4 nitrogen and oxygen atoms in total. The number of nitrogens with zero attached hydrogens (tertiary/aromatic N) is 2. The topological polar surface area (TPSA) is 50.7 Å². The van der Waals surface area contributed by atoms with Crippen molar-refractivity contribution in [2.45, 2.75) is 24.8 Å². The molecule has 0 aliphatic rings. The standard InChI is InChI=1S/C25H20FN3OS/c1-15-11-16(2)13-18(12-15)29-24(30)23-22(19-8-4-6-10-21(19)27-23)28-25(29)31-14-17-7-3-5-9-20(17)26/h3-13,27H,14H2,1-2H3. The number of benzene rings is 3. The van der Waals surface area contributed by atoms with Crippen LogP contribution in [-0.2, 0) is 5.75 Å². The van der Waals surface area contributed by atoms with E-state index in [1.165, 1.54) is 17.8 Å². The zero-order chi connectivity index (χ0) is 21.5. The van der Waals surface area contributed by atoms with Crippen molar-refractivity contribution in [1.82, 2.24) is 14.5 Å². The molecule has 31 heavy (non-hydrogen) atoms. The van der Waals surface area contributed by atoms with Gasteiger partial charge in [-0.3, -0.25) is 9.36 Å². The van der Waals surface area contributed by atoms with Crippen LogP contribution in [0.4, 0.5) is 4.39 Å². The molecular weight excluding hydrogens is 409 g/mol. The molecule has 154 valence electrons. The molecular formula is C25H20FN3OS. The number of fused-ring (bicyclic) bond motifs is 3. The van der Waals surface area contributed by atoms with Crippen molar-refractivity contribution < 1.29 is 4.39 Å². The van der Waals surface area contributed by atoms with Gasteiger partial charge in [0.1, 0.15) is 16.9 Å². The number of aromatic nitrogens is 3. The summed E-state index contributed by atoms with van der Waals surface area (Å²) in [5, 5.41) is 1.44. The molecule has 0 radical (unpaired) electrons. The van der Waals surface area contributed by atoms with Crippen molar-refractivity contribution in [2.24, 2.45) is 0 Å². The Balaban J connectivity index is 1.75. The molecule has 0 saturated heterocycles. The molecule has 0 spiro atoms. The van der Waals surface area contributed by atoms with Crippen molar-refractivity contribution in [3.63, 3.8) is 0 Å². The maximum Gasteiger partial charge on any atom is 0.283 e. The normalized spacial score (nSPS) is 11.5. The molecule has 3 aromatic carbocycles. The second kappa shape index (κ2) is 7.71. The van der Waals surface area contributed by atoms with Gasteiger partial charge in [-0.2, -0.15) is 0 Å². The molecule has 0 saturated carbocycles. The third kappa shape index (κ3) is 3.53. The molecule has 2 aromatic heterocycles. The number of halogens is 1. The number of hydrogen-bond acceptors (Lipinski definition) is 3. The molecule has 0 atom stereocenters.